The van der Waals surface area contributed by atoms with Gasteiger partial charge in [0.15, 0.2) is 0 Å². The number of aryl methyl sites for hydroxylation is 1. The van der Waals surface area contributed by atoms with Crippen molar-refractivity contribution < 1.29 is 14.7 Å². The fraction of sp³-hybridized carbons (Fsp3) is 0.400. The van der Waals surface area contributed by atoms with Gasteiger partial charge in [-0.1, -0.05) is 61.0 Å². The van der Waals surface area contributed by atoms with Gasteiger partial charge in [-0.2, -0.15) is 0 Å². The Morgan fingerprint density at radius 3 is 2.37 bits per heavy atom. The van der Waals surface area contributed by atoms with Crippen molar-refractivity contribution in [3.63, 3.8) is 0 Å². The summed E-state index contributed by atoms with van der Waals surface area (Å²) in [5.74, 6) is 0.839. The highest BCUT2D eigenvalue weighted by atomic mass is 16.3. The number of carbonyl (C=O) groups is 2. The second kappa shape index (κ2) is 9.12. The van der Waals surface area contributed by atoms with Crippen LogP contribution < -0.4 is 10.6 Å². The molecular formula is C30H32N2O3. The third-order valence-corrected chi connectivity index (χ3v) is 8.37. The number of amides is 2. The van der Waals surface area contributed by atoms with Crippen molar-refractivity contribution in [2.45, 2.75) is 57.0 Å². The molecule has 0 saturated heterocycles. The third kappa shape index (κ3) is 4.12. The van der Waals surface area contributed by atoms with Crippen LogP contribution in [0.1, 0.15) is 44.1 Å². The zero-order valence-electron chi connectivity index (χ0n) is 19.9. The number of rotatable bonds is 8. The van der Waals surface area contributed by atoms with E-state index in [1.807, 2.05) is 0 Å². The molecule has 2 aliphatic carbocycles. The van der Waals surface area contributed by atoms with Crippen LogP contribution in [0.15, 0.2) is 54.6 Å². The summed E-state index contributed by atoms with van der Waals surface area (Å²) in [6.45, 7) is -0.382. The Hall–Kier alpha value is -3.18. The van der Waals surface area contributed by atoms with E-state index in [-0.39, 0.29) is 24.5 Å². The fourth-order valence-electron chi connectivity index (χ4n) is 6.62. The molecule has 6 rings (SSSR count). The number of carbonyl (C=O) groups excluding carboxylic acids is 2. The largest absolute Gasteiger partial charge is 0.394 e. The van der Waals surface area contributed by atoms with Gasteiger partial charge in [0.2, 0.25) is 11.8 Å². The molecule has 2 bridgehead atoms. The zero-order chi connectivity index (χ0) is 23.9. The second-order valence-corrected chi connectivity index (χ2v) is 10.5. The summed E-state index contributed by atoms with van der Waals surface area (Å²) in [6.07, 6.45) is 6.45. The van der Waals surface area contributed by atoms with Crippen molar-refractivity contribution in [1.82, 2.24) is 10.6 Å². The van der Waals surface area contributed by atoms with E-state index < -0.39 is 6.04 Å². The molecule has 4 atom stereocenters. The second-order valence-electron chi connectivity index (χ2n) is 10.5. The highest BCUT2D eigenvalue weighted by molar-refractivity contribution is 6.23. The van der Waals surface area contributed by atoms with Gasteiger partial charge in [0.05, 0.1) is 6.61 Å². The van der Waals surface area contributed by atoms with Crippen LogP contribution in [0.4, 0.5) is 0 Å². The molecule has 0 aromatic heterocycles. The normalized spacial score (nSPS) is 22.3. The fourth-order valence-corrected chi connectivity index (χ4v) is 6.62. The standard InChI is InChI=1S/C30H32N2O3/c33-17-26(30(35)32-25-16-18-7-8-23(25)15-18)31-27(34)6-2-3-19-9-10-22-12-11-20-4-1-5-21-13-14-24(19)29(22)28(20)21/h1,4-5,9-14,18,23,25-26,33H,2-3,6-8,15-17H2,(H,31,34)(H,32,35)/t18?,23?,25?,26-/m0/s1. The first-order chi connectivity index (χ1) is 17.1. The number of aliphatic hydroxyl groups excluding tert-OH is 1. The molecule has 5 heteroatoms. The number of benzene rings is 4. The Morgan fingerprint density at radius 2 is 1.66 bits per heavy atom. The quantitative estimate of drug-likeness (QED) is 0.328. The van der Waals surface area contributed by atoms with E-state index in [4.69, 9.17) is 0 Å². The van der Waals surface area contributed by atoms with Crippen LogP contribution in [0.25, 0.3) is 32.3 Å². The van der Waals surface area contributed by atoms with Gasteiger partial charge in [-0.25, -0.2) is 0 Å². The summed E-state index contributed by atoms with van der Waals surface area (Å²) in [5, 5.41) is 23.1. The maximum absolute atomic E-state index is 12.7. The summed E-state index contributed by atoms with van der Waals surface area (Å²) in [5.41, 5.74) is 1.23. The predicted octanol–water partition coefficient (Wildman–Crippen LogP) is 4.69. The Kier molecular flexibility index (Phi) is 5.81. The minimum Gasteiger partial charge on any atom is -0.394 e. The van der Waals surface area contributed by atoms with E-state index in [1.54, 1.807) is 0 Å². The molecule has 3 N–H and O–H groups in total. The Balaban J connectivity index is 1.09. The van der Waals surface area contributed by atoms with Gasteiger partial charge >= 0.3 is 0 Å². The van der Waals surface area contributed by atoms with E-state index in [9.17, 15) is 14.7 Å². The van der Waals surface area contributed by atoms with Gasteiger partial charge in [-0.05, 0) is 81.8 Å². The maximum Gasteiger partial charge on any atom is 0.245 e. The lowest BCUT2D eigenvalue weighted by Gasteiger charge is -2.25. The molecule has 0 heterocycles. The van der Waals surface area contributed by atoms with Crippen molar-refractivity contribution in [2.75, 3.05) is 6.61 Å². The topological polar surface area (TPSA) is 78.4 Å². The van der Waals surface area contributed by atoms with Gasteiger partial charge < -0.3 is 15.7 Å². The molecular weight excluding hydrogens is 436 g/mol. The molecule has 0 spiro atoms. The van der Waals surface area contributed by atoms with E-state index in [1.165, 1.54) is 57.1 Å². The number of aliphatic hydroxyl groups is 1. The molecule has 2 aliphatic rings. The van der Waals surface area contributed by atoms with E-state index in [0.717, 1.165) is 18.8 Å². The molecule has 0 radical (unpaired) electrons. The first-order valence-corrected chi connectivity index (χ1v) is 13.0. The first kappa shape index (κ1) is 22.3. The van der Waals surface area contributed by atoms with Gasteiger partial charge in [0, 0.05) is 12.5 Å². The molecule has 0 aliphatic heterocycles. The predicted molar refractivity (Wildman–Crippen MR) is 139 cm³/mol. The van der Waals surface area contributed by atoms with Crippen molar-refractivity contribution in [1.29, 1.82) is 0 Å². The Bertz CT molecular complexity index is 1380. The molecule has 35 heavy (non-hydrogen) atoms. The summed E-state index contributed by atoms with van der Waals surface area (Å²) >= 11 is 0. The lowest BCUT2D eigenvalue weighted by molar-refractivity contribution is -0.130. The molecule has 2 fully saturated rings. The van der Waals surface area contributed by atoms with Crippen molar-refractivity contribution in [3.05, 3.63) is 60.2 Å². The molecule has 180 valence electrons. The molecule has 2 amide bonds. The van der Waals surface area contributed by atoms with E-state index in [0.29, 0.717) is 18.8 Å². The van der Waals surface area contributed by atoms with Crippen LogP contribution in [0.2, 0.25) is 0 Å². The first-order valence-electron chi connectivity index (χ1n) is 13.0. The van der Waals surface area contributed by atoms with Crippen LogP contribution in [0, 0.1) is 11.8 Å². The summed E-state index contributed by atoms with van der Waals surface area (Å²) in [4.78, 5) is 25.3. The average molecular weight is 469 g/mol. The van der Waals surface area contributed by atoms with Crippen LogP contribution in [0.3, 0.4) is 0 Å². The lowest BCUT2D eigenvalue weighted by atomic mass is 9.90. The van der Waals surface area contributed by atoms with Gasteiger partial charge in [-0.3, -0.25) is 9.59 Å². The molecule has 4 aromatic rings. The summed E-state index contributed by atoms with van der Waals surface area (Å²) in [7, 11) is 0. The molecule has 3 unspecified atom stereocenters. The van der Waals surface area contributed by atoms with Gasteiger partial charge in [0.25, 0.3) is 0 Å². The average Bonchev–Trinajstić information content (AvgIpc) is 3.50. The van der Waals surface area contributed by atoms with Gasteiger partial charge in [-0.15, -0.1) is 0 Å². The molecule has 2 saturated carbocycles. The minimum absolute atomic E-state index is 0.190. The van der Waals surface area contributed by atoms with Crippen LogP contribution in [-0.2, 0) is 16.0 Å². The van der Waals surface area contributed by atoms with E-state index in [2.05, 4.69) is 65.2 Å². The van der Waals surface area contributed by atoms with Crippen molar-refractivity contribution in [3.8, 4) is 0 Å². The Morgan fingerprint density at radius 1 is 0.914 bits per heavy atom. The van der Waals surface area contributed by atoms with Crippen molar-refractivity contribution >= 4 is 44.1 Å². The number of hydrogen-bond donors (Lipinski definition) is 3. The smallest absolute Gasteiger partial charge is 0.245 e. The SMILES string of the molecule is O=C(CCCc1ccc2ccc3cccc4ccc1c2c34)N[C@@H](CO)C(=O)NC1CC2CCC1C2. The molecule has 4 aromatic carbocycles. The number of nitrogens with one attached hydrogen (secondary N) is 2. The minimum atomic E-state index is -0.879. The highest BCUT2D eigenvalue weighted by Gasteiger charge is 2.40. The highest BCUT2D eigenvalue weighted by Crippen LogP contribution is 2.44. The summed E-state index contributed by atoms with van der Waals surface area (Å²) < 4.78 is 0. The summed E-state index contributed by atoms with van der Waals surface area (Å²) in [6, 6.07) is 18.8. The monoisotopic (exact) mass is 468 g/mol. The Labute approximate surface area is 205 Å². The van der Waals surface area contributed by atoms with E-state index >= 15 is 0 Å². The van der Waals surface area contributed by atoms with Crippen LogP contribution in [0.5, 0.6) is 0 Å². The number of fused-ring (bicyclic) bond motifs is 2. The molecule has 5 nitrogen and oxygen atoms in total. The number of hydrogen-bond acceptors (Lipinski definition) is 3. The zero-order valence-corrected chi connectivity index (χ0v) is 19.9. The van der Waals surface area contributed by atoms with Crippen molar-refractivity contribution in [2.24, 2.45) is 11.8 Å². The van der Waals surface area contributed by atoms with Gasteiger partial charge in [0.1, 0.15) is 6.04 Å². The maximum atomic E-state index is 12.7. The van der Waals surface area contributed by atoms with Crippen LogP contribution >= 0.6 is 0 Å². The van der Waals surface area contributed by atoms with Crippen LogP contribution in [-0.4, -0.2) is 35.6 Å². The third-order valence-electron chi connectivity index (χ3n) is 8.37. The lowest BCUT2D eigenvalue weighted by Crippen LogP contribution is -2.52.